The van der Waals surface area contributed by atoms with E-state index in [1.165, 1.54) is 36.4 Å². The van der Waals surface area contributed by atoms with Gasteiger partial charge in [-0.25, -0.2) is 4.39 Å². The second kappa shape index (κ2) is 5.66. The third kappa shape index (κ3) is 2.92. The van der Waals surface area contributed by atoms with E-state index in [4.69, 9.17) is 4.74 Å². The first kappa shape index (κ1) is 14.0. The summed E-state index contributed by atoms with van der Waals surface area (Å²) in [6, 6.07) is 7.98. The number of aliphatic hydroxyl groups is 1. The molecule has 0 aromatic heterocycles. The van der Waals surface area contributed by atoms with E-state index in [9.17, 15) is 19.6 Å². The molecule has 6 heteroatoms. The van der Waals surface area contributed by atoms with Crippen molar-refractivity contribution >= 4 is 5.69 Å². The van der Waals surface area contributed by atoms with Gasteiger partial charge in [-0.15, -0.1) is 0 Å². The molecule has 2 rings (SSSR count). The average molecular weight is 277 g/mol. The molecule has 0 aliphatic carbocycles. The van der Waals surface area contributed by atoms with E-state index in [2.05, 4.69) is 0 Å². The minimum Gasteiger partial charge on any atom is -0.457 e. The molecule has 0 fully saturated rings. The summed E-state index contributed by atoms with van der Waals surface area (Å²) in [6.07, 6.45) is 0. The average Bonchev–Trinajstić information content (AvgIpc) is 2.42. The Kier molecular flexibility index (Phi) is 3.95. The van der Waals surface area contributed by atoms with Crippen LogP contribution in [-0.2, 0) is 6.61 Å². The minimum atomic E-state index is -0.550. The molecule has 0 bridgehead atoms. The number of hydrogen-bond acceptors (Lipinski definition) is 4. The van der Waals surface area contributed by atoms with Crippen LogP contribution in [0.4, 0.5) is 10.1 Å². The van der Waals surface area contributed by atoms with Gasteiger partial charge in [-0.3, -0.25) is 10.1 Å². The van der Waals surface area contributed by atoms with Crippen molar-refractivity contribution in [1.29, 1.82) is 0 Å². The normalized spacial score (nSPS) is 10.3. The van der Waals surface area contributed by atoms with Crippen molar-refractivity contribution in [2.24, 2.45) is 0 Å². The Balaban J connectivity index is 2.35. The maximum absolute atomic E-state index is 13.0. The topological polar surface area (TPSA) is 72.6 Å². The summed E-state index contributed by atoms with van der Waals surface area (Å²) in [6.45, 7) is 1.29. The lowest BCUT2D eigenvalue weighted by Crippen LogP contribution is -1.96. The molecule has 0 atom stereocenters. The van der Waals surface area contributed by atoms with Crippen molar-refractivity contribution in [3.05, 3.63) is 63.5 Å². The lowest BCUT2D eigenvalue weighted by molar-refractivity contribution is -0.385. The molecule has 2 aromatic rings. The summed E-state index contributed by atoms with van der Waals surface area (Å²) < 4.78 is 18.6. The molecule has 0 aliphatic rings. The van der Waals surface area contributed by atoms with Crippen LogP contribution in [0.5, 0.6) is 11.5 Å². The van der Waals surface area contributed by atoms with Crippen molar-refractivity contribution in [3.8, 4) is 11.5 Å². The van der Waals surface area contributed by atoms with Gasteiger partial charge in [-0.2, -0.15) is 0 Å². The van der Waals surface area contributed by atoms with Gasteiger partial charge in [0, 0.05) is 17.7 Å². The van der Waals surface area contributed by atoms with Crippen molar-refractivity contribution in [3.63, 3.8) is 0 Å². The maximum atomic E-state index is 13.0. The van der Waals surface area contributed by atoms with Crippen molar-refractivity contribution in [1.82, 2.24) is 0 Å². The first-order valence-electron chi connectivity index (χ1n) is 5.83. The van der Waals surface area contributed by atoms with Crippen LogP contribution >= 0.6 is 0 Å². The largest absolute Gasteiger partial charge is 0.457 e. The number of nitro groups is 1. The third-order valence-corrected chi connectivity index (χ3v) is 2.78. The molecule has 5 nitrogen and oxygen atoms in total. The fraction of sp³-hybridized carbons (Fsp3) is 0.143. The zero-order valence-corrected chi connectivity index (χ0v) is 10.7. The van der Waals surface area contributed by atoms with Gasteiger partial charge in [0.15, 0.2) is 0 Å². The van der Waals surface area contributed by atoms with Crippen LogP contribution in [0.2, 0.25) is 0 Å². The van der Waals surface area contributed by atoms with Crippen molar-refractivity contribution in [2.45, 2.75) is 13.5 Å². The monoisotopic (exact) mass is 277 g/mol. The highest BCUT2D eigenvalue weighted by Gasteiger charge is 2.12. The molecule has 0 saturated heterocycles. The number of benzene rings is 2. The van der Waals surface area contributed by atoms with Crippen LogP contribution in [0.15, 0.2) is 36.4 Å². The SMILES string of the molecule is Cc1cc(F)ccc1Oc1ccc([N+](=O)[O-])cc1CO. The van der Waals surface area contributed by atoms with Gasteiger partial charge in [0.05, 0.1) is 11.5 Å². The Morgan fingerprint density at radius 1 is 1.25 bits per heavy atom. The molecule has 20 heavy (non-hydrogen) atoms. The highest BCUT2D eigenvalue weighted by Crippen LogP contribution is 2.30. The Morgan fingerprint density at radius 2 is 1.95 bits per heavy atom. The maximum Gasteiger partial charge on any atom is 0.270 e. The summed E-state index contributed by atoms with van der Waals surface area (Å²) >= 11 is 0. The van der Waals surface area contributed by atoms with Crippen LogP contribution in [-0.4, -0.2) is 10.0 Å². The van der Waals surface area contributed by atoms with Gasteiger partial charge >= 0.3 is 0 Å². The number of nitro benzene ring substituents is 1. The molecule has 0 aliphatic heterocycles. The molecule has 0 spiro atoms. The van der Waals surface area contributed by atoms with E-state index in [-0.39, 0.29) is 11.5 Å². The molecule has 2 aromatic carbocycles. The number of rotatable bonds is 4. The fourth-order valence-corrected chi connectivity index (χ4v) is 1.75. The number of halogens is 1. The number of non-ortho nitro benzene ring substituents is 1. The van der Waals surface area contributed by atoms with Crippen molar-refractivity contribution in [2.75, 3.05) is 0 Å². The van der Waals surface area contributed by atoms with E-state index in [0.717, 1.165) is 0 Å². The van der Waals surface area contributed by atoms with E-state index >= 15 is 0 Å². The molecular weight excluding hydrogens is 265 g/mol. The van der Waals surface area contributed by atoms with Crippen LogP contribution in [0, 0.1) is 22.9 Å². The summed E-state index contributed by atoms with van der Waals surface area (Å²) in [7, 11) is 0. The summed E-state index contributed by atoms with van der Waals surface area (Å²) in [5.74, 6) is 0.351. The number of aryl methyl sites for hydroxylation is 1. The van der Waals surface area contributed by atoms with Gasteiger partial charge in [0.25, 0.3) is 5.69 Å². The number of aliphatic hydroxyl groups excluding tert-OH is 1. The molecule has 0 saturated carbocycles. The second-order valence-corrected chi connectivity index (χ2v) is 4.22. The van der Waals surface area contributed by atoms with Gasteiger partial charge in [-0.05, 0) is 36.8 Å². The third-order valence-electron chi connectivity index (χ3n) is 2.78. The summed E-state index contributed by atoms with van der Waals surface area (Å²) in [4.78, 5) is 10.1. The minimum absolute atomic E-state index is 0.128. The Labute approximate surface area is 114 Å². The first-order chi connectivity index (χ1) is 9.51. The second-order valence-electron chi connectivity index (χ2n) is 4.22. The van der Waals surface area contributed by atoms with Gasteiger partial charge in [0.1, 0.15) is 17.3 Å². The van der Waals surface area contributed by atoms with Crippen LogP contribution in [0.1, 0.15) is 11.1 Å². The number of nitrogens with zero attached hydrogens (tertiary/aromatic N) is 1. The van der Waals surface area contributed by atoms with E-state index in [1.807, 2.05) is 0 Å². The Bertz CT molecular complexity index is 658. The lowest BCUT2D eigenvalue weighted by Gasteiger charge is -2.11. The van der Waals surface area contributed by atoms with Gasteiger partial charge < -0.3 is 9.84 Å². The molecule has 1 N–H and O–H groups in total. The Hall–Kier alpha value is -2.47. The van der Waals surface area contributed by atoms with E-state index in [0.29, 0.717) is 22.6 Å². The predicted octanol–water partition coefficient (Wildman–Crippen LogP) is 3.33. The fourth-order valence-electron chi connectivity index (χ4n) is 1.75. The zero-order valence-electron chi connectivity index (χ0n) is 10.7. The lowest BCUT2D eigenvalue weighted by atomic mass is 10.1. The van der Waals surface area contributed by atoms with Crippen molar-refractivity contribution < 1.29 is 19.2 Å². The van der Waals surface area contributed by atoms with Crippen LogP contribution < -0.4 is 4.74 Å². The summed E-state index contributed by atoms with van der Waals surface area (Å²) in [5.41, 5.74) is 0.757. The highest BCUT2D eigenvalue weighted by atomic mass is 19.1. The first-order valence-corrected chi connectivity index (χ1v) is 5.83. The number of hydrogen-bond donors (Lipinski definition) is 1. The van der Waals surface area contributed by atoms with E-state index in [1.54, 1.807) is 6.92 Å². The Morgan fingerprint density at radius 3 is 2.55 bits per heavy atom. The molecule has 0 amide bonds. The zero-order chi connectivity index (χ0) is 14.7. The molecule has 104 valence electrons. The van der Waals surface area contributed by atoms with Gasteiger partial charge in [0.2, 0.25) is 0 Å². The molecule has 0 radical (unpaired) electrons. The molecule has 0 unspecified atom stereocenters. The number of ether oxygens (including phenoxy) is 1. The standard InChI is InChI=1S/C14H12FNO4/c1-9-6-11(15)2-4-13(9)20-14-5-3-12(16(18)19)7-10(14)8-17/h2-7,17H,8H2,1H3. The highest BCUT2D eigenvalue weighted by molar-refractivity contribution is 5.46. The molecule has 0 heterocycles. The predicted molar refractivity (Wildman–Crippen MR) is 70.2 cm³/mol. The smallest absolute Gasteiger partial charge is 0.270 e. The summed E-state index contributed by atoms with van der Waals surface area (Å²) in [5, 5.41) is 19.9. The quantitative estimate of drug-likeness (QED) is 0.687. The van der Waals surface area contributed by atoms with Crippen LogP contribution in [0.3, 0.4) is 0 Å². The van der Waals surface area contributed by atoms with Crippen LogP contribution in [0.25, 0.3) is 0 Å². The van der Waals surface area contributed by atoms with E-state index < -0.39 is 11.5 Å². The van der Waals surface area contributed by atoms with Gasteiger partial charge in [-0.1, -0.05) is 0 Å². The molecular formula is C14H12FNO4.